The average Bonchev–Trinajstić information content (AvgIpc) is 3.10. The lowest BCUT2D eigenvalue weighted by molar-refractivity contribution is -0.171. The zero-order valence-electron chi connectivity index (χ0n) is 14.7. The highest BCUT2D eigenvalue weighted by Gasteiger charge is 2.70. The Morgan fingerprint density at radius 3 is 2.79 bits per heavy atom. The first kappa shape index (κ1) is 15.2. The van der Waals surface area contributed by atoms with E-state index in [0.29, 0.717) is 18.6 Å². The summed E-state index contributed by atoms with van der Waals surface area (Å²) in [4.78, 5) is 5.00. The Morgan fingerprint density at radius 1 is 1.21 bits per heavy atom. The molecule has 6 unspecified atom stereocenters. The lowest BCUT2D eigenvalue weighted by atomic mass is 9.51. The van der Waals surface area contributed by atoms with Crippen LogP contribution in [-0.2, 0) is 5.41 Å². The molecule has 0 aromatic heterocycles. The fourth-order valence-electron chi connectivity index (χ4n) is 7.10. The number of benzene rings is 1. The lowest BCUT2D eigenvalue weighted by Gasteiger charge is -2.61. The Labute approximate surface area is 144 Å². The number of aliphatic hydroxyl groups excluding tert-OH is 2. The van der Waals surface area contributed by atoms with E-state index in [9.17, 15) is 10.2 Å². The molecule has 6 atom stereocenters. The van der Waals surface area contributed by atoms with Crippen LogP contribution in [0.3, 0.4) is 0 Å². The van der Waals surface area contributed by atoms with Crippen LogP contribution < -0.4 is 4.90 Å². The fourth-order valence-corrected chi connectivity index (χ4v) is 7.10. The summed E-state index contributed by atoms with van der Waals surface area (Å²) in [6.07, 6.45) is 2.98. The molecule has 1 aliphatic carbocycles. The van der Waals surface area contributed by atoms with E-state index >= 15 is 0 Å². The predicted molar refractivity (Wildman–Crippen MR) is 94.3 cm³/mol. The molecule has 2 saturated heterocycles. The highest BCUT2D eigenvalue weighted by molar-refractivity contribution is 5.66. The number of anilines is 1. The zero-order valence-corrected chi connectivity index (χ0v) is 14.7. The van der Waals surface area contributed by atoms with Gasteiger partial charge in [0.25, 0.3) is 0 Å². The second-order valence-corrected chi connectivity index (χ2v) is 8.47. The van der Waals surface area contributed by atoms with Gasteiger partial charge in [-0.3, -0.25) is 4.90 Å². The van der Waals surface area contributed by atoms with Gasteiger partial charge in [0.15, 0.2) is 0 Å². The van der Waals surface area contributed by atoms with E-state index in [2.05, 4.69) is 48.0 Å². The first-order valence-corrected chi connectivity index (χ1v) is 9.49. The van der Waals surface area contributed by atoms with Gasteiger partial charge in [-0.1, -0.05) is 25.1 Å². The van der Waals surface area contributed by atoms with Crippen molar-refractivity contribution in [3.05, 3.63) is 29.8 Å². The molecule has 24 heavy (non-hydrogen) atoms. The molecule has 4 nitrogen and oxygen atoms in total. The van der Waals surface area contributed by atoms with E-state index in [1.807, 2.05) is 0 Å². The van der Waals surface area contributed by atoms with Gasteiger partial charge < -0.3 is 15.1 Å². The lowest BCUT2D eigenvalue weighted by Crippen LogP contribution is -2.71. The van der Waals surface area contributed by atoms with Gasteiger partial charge in [0, 0.05) is 42.2 Å². The molecule has 0 radical (unpaired) electrons. The number of hydrogen-bond acceptors (Lipinski definition) is 4. The molecule has 4 heteroatoms. The molecule has 1 spiro atoms. The highest BCUT2D eigenvalue weighted by atomic mass is 16.3. The minimum absolute atomic E-state index is 0.112. The summed E-state index contributed by atoms with van der Waals surface area (Å²) in [6.45, 7) is 3.86. The quantitative estimate of drug-likeness (QED) is 0.824. The van der Waals surface area contributed by atoms with E-state index < -0.39 is 12.2 Å². The minimum atomic E-state index is -0.609. The maximum atomic E-state index is 11.0. The maximum absolute atomic E-state index is 11.0. The Hall–Kier alpha value is -1.10. The molecule has 0 amide bonds. The van der Waals surface area contributed by atoms with Crippen molar-refractivity contribution >= 4 is 5.69 Å². The first-order valence-electron chi connectivity index (χ1n) is 9.49. The highest BCUT2D eigenvalue weighted by Crippen LogP contribution is 2.65. The van der Waals surface area contributed by atoms with Gasteiger partial charge >= 0.3 is 0 Å². The van der Waals surface area contributed by atoms with Crippen LogP contribution in [0, 0.1) is 5.41 Å². The van der Waals surface area contributed by atoms with Crippen LogP contribution in [0.1, 0.15) is 38.2 Å². The number of likely N-dealkylation sites (N-methyl/N-ethyl adjacent to an activating group) is 1. The molecule has 1 saturated carbocycles. The standard InChI is InChI=1S/C20H28N2O2/c1-3-19-9-8-16-20(13-6-4-5-7-14(13)21(16)2)10-11-22(18(19)20)12-15(23)17(19)24/h4-7,15-18,23-24H,3,8-12H2,1-2H3. The Morgan fingerprint density at radius 2 is 2.00 bits per heavy atom. The molecular weight excluding hydrogens is 300 g/mol. The van der Waals surface area contributed by atoms with Crippen molar-refractivity contribution in [1.29, 1.82) is 0 Å². The minimum Gasteiger partial charge on any atom is -0.390 e. The third-order valence-electron chi connectivity index (χ3n) is 7.97. The summed E-state index contributed by atoms with van der Waals surface area (Å²) in [5, 5.41) is 21.5. The van der Waals surface area contributed by atoms with Crippen molar-refractivity contribution in [3.63, 3.8) is 0 Å². The summed E-state index contributed by atoms with van der Waals surface area (Å²) in [5.41, 5.74) is 2.78. The third kappa shape index (κ3) is 1.48. The monoisotopic (exact) mass is 328 g/mol. The molecule has 3 aliphatic heterocycles. The smallest absolute Gasteiger partial charge is 0.0931 e. The van der Waals surface area contributed by atoms with Gasteiger partial charge in [0.2, 0.25) is 0 Å². The third-order valence-corrected chi connectivity index (χ3v) is 7.97. The van der Waals surface area contributed by atoms with E-state index in [-0.39, 0.29) is 10.8 Å². The van der Waals surface area contributed by atoms with Crippen molar-refractivity contribution in [2.45, 2.75) is 62.3 Å². The number of para-hydroxylation sites is 1. The second-order valence-electron chi connectivity index (χ2n) is 8.47. The van der Waals surface area contributed by atoms with Crippen molar-refractivity contribution < 1.29 is 10.2 Å². The van der Waals surface area contributed by atoms with Crippen molar-refractivity contribution in [2.24, 2.45) is 5.41 Å². The van der Waals surface area contributed by atoms with Crippen LogP contribution in [0.2, 0.25) is 0 Å². The normalized spacial score (nSPS) is 46.6. The summed E-state index contributed by atoms with van der Waals surface area (Å²) >= 11 is 0. The largest absolute Gasteiger partial charge is 0.390 e. The topological polar surface area (TPSA) is 46.9 Å². The van der Waals surface area contributed by atoms with E-state index in [1.165, 1.54) is 11.3 Å². The Bertz CT molecular complexity index is 679. The van der Waals surface area contributed by atoms with Crippen molar-refractivity contribution in [3.8, 4) is 0 Å². The molecule has 4 aliphatic rings. The van der Waals surface area contributed by atoms with Crippen LogP contribution in [-0.4, -0.2) is 59.5 Å². The molecule has 3 heterocycles. The number of aliphatic hydroxyl groups is 2. The van der Waals surface area contributed by atoms with Gasteiger partial charge in [-0.2, -0.15) is 0 Å². The number of nitrogens with zero attached hydrogens (tertiary/aromatic N) is 2. The molecule has 5 rings (SSSR count). The van der Waals surface area contributed by atoms with Gasteiger partial charge in [-0.05, 0) is 43.9 Å². The van der Waals surface area contributed by atoms with Crippen LogP contribution in [0.4, 0.5) is 5.69 Å². The average molecular weight is 328 g/mol. The van der Waals surface area contributed by atoms with Gasteiger partial charge in [0.05, 0.1) is 12.2 Å². The molecule has 3 fully saturated rings. The second kappa shape index (κ2) is 4.75. The maximum Gasteiger partial charge on any atom is 0.0931 e. The summed E-state index contributed by atoms with van der Waals surface area (Å²) in [5.74, 6) is 0. The molecular formula is C20H28N2O2. The van der Waals surface area contributed by atoms with Crippen molar-refractivity contribution in [2.75, 3.05) is 25.0 Å². The predicted octanol–water partition coefficient (Wildman–Crippen LogP) is 1.74. The SMILES string of the molecule is CCC12CCC3N(C)c4ccccc4C34CCN(CC(O)C1O)C24. The summed E-state index contributed by atoms with van der Waals surface area (Å²) in [6, 6.07) is 9.75. The summed E-state index contributed by atoms with van der Waals surface area (Å²) in [7, 11) is 2.24. The van der Waals surface area contributed by atoms with Crippen LogP contribution >= 0.6 is 0 Å². The summed E-state index contributed by atoms with van der Waals surface area (Å²) < 4.78 is 0. The number of piperidine rings is 1. The van der Waals surface area contributed by atoms with Gasteiger partial charge in [0.1, 0.15) is 0 Å². The number of rotatable bonds is 1. The molecule has 1 aromatic rings. The Kier molecular flexibility index (Phi) is 3.00. The molecule has 0 bridgehead atoms. The van der Waals surface area contributed by atoms with E-state index in [4.69, 9.17) is 0 Å². The molecule has 1 aromatic carbocycles. The Balaban J connectivity index is 1.74. The van der Waals surface area contributed by atoms with Crippen LogP contribution in [0.15, 0.2) is 24.3 Å². The first-order chi connectivity index (χ1) is 11.6. The van der Waals surface area contributed by atoms with Gasteiger partial charge in [-0.15, -0.1) is 0 Å². The fraction of sp³-hybridized carbons (Fsp3) is 0.700. The zero-order chi connectivity index (χ0) is 16.7. The van der Waals surface area contributed by atoms with Crippen LogP contribution in [0.25, 0.3) is 0 Å². The van der Waals surface area contributed by atoms with Crippen LogP contribution in [0.5, 0.6) is 0 Å². The van der Waals surface area contributed by atoms with E-state index in [0.717, 1.165) is 32.2 Å². The number of fused-ring (bicyclic) bond motifs is 1. The molecule has 130 valence electrons. The number of hydrogen-bond donors (Lipinski definition) is 2. The van der Waals surface area contributed by atoms with E-state index in [1.54, 1.807) is 0 Å². The van der Waals surface area contributed by atoms with Crippen molar-refractivity contribution in [1.82, 2.24) is 4.90 Å². The van der Waals surface area contributed by atoms with Gasteiger partial charge in [-0.25, -0.2) is 0 Å². The molecule has 2 N–H and O–H groups in total.